The number of carbonyl (C=O) groups is 1. The van der Waals surface area contributed by atoms with Gasteiger partial charge in [-0.05, 0) is 41.5 Å². The van der Waals surface area contributed by atoms with Crippen molar-refractivity contribution in [2.24, 2.45) is 0 Å². The number of imidazole rings is 1. The number of benzene rings is 3. The van der Waals surface area contributed by atoms with E-state index in [1.165, 1.54) is 0 Å². The van der Waals surface area contributed by atoms with Gasteiger partial charge in [-0.25, -0.2) is 4.98 Å². The topological polar surface area (TPSA) is 46.9 Å². The van der Waals surface area contributed by atoms with Gasteiger partial charge in [0.05, 0.1) is 12.4 Å². The molecule has 0 saturated heterocycles. The van der Waals surface area contributed by atoms with Gasteiger partial charge in [-0.1, -0.05) is 48.5 Å². The van der Waals surface area contributed by atoms with Crippen molar-refractivity contribution in [1.82, 2.24) is 14.9 Å². The molecular weight excluding hydrogens is 322 g/mol. The number of nitrogens with one attached hydrogen (secondary N) is 1. The van der Waals surface area contributed by atoms with Gasteiger partial charge in [-0.2, -0.15) is 0 Å². The van der Waals surface area contributed by atoms with Crippen molar-refractivity contribution >= 4 is 16.7 Å². The first-order valence-corrected chi connectivity index (χ1v) is 8.59. The highest BCUT2D eigenvalue weighted by Crippen LogP contribution is 2.20. The van der Waals surface area contributed by atoms with Crippen LogP contribution in [0.1, 0.15) is 28.9 Å². The minimum absolute atomic E-state index is 0.0620. The Morgan fingerprint density at radius 1 is 1.00 bits per heavy atom. The van der Waals surface area contributed by atoms with Gasteiger partial charge in [0.25, 0.3) is 5.91 Å². The second-order valence-electron chi connectivity index (χ2n) is 6.28. The first-order valence-electron chi connectivity index (χ1n) is 8.59. The third-order valence-corrected chi connectivity index (χ3v) is 4.58. The normalized spacial score (nSPS) is 12.0. The van der Waals surface area contributed by atoms with E-state index < -0.39 is 0 Å². The fraction of sp³-hybridized carbons (Fsp3) is 0.0909. The molecule has 0 aliphatic carbocycles. The third-order valence-electron chi connectivity index (χ3n) is 4.58. The zero-order valence-corrected chi connectivity index (χ0v) is 14.5. The monoisotopic (exact) mass is 341 g/mol. The zero-order chi connectivity index (χ0) is 17.9. The maximum atomic E-state index is 12.8. The molecular formula is C22H19N3O. The van der Waals surface area contributed by atoms with E-state index in [0.717, 1.165) is 22.0 Å². The summed E-state index contributed by atoms with van der Waals surface area (Å²) in [5.74, 6) is -0.0620. The molecule has 3 aromatic carbocycles. The highest BCUT2D eigenvalue weighted by atomic mass is 16.1. The van der Waals surface area contributed by atoms with Crippen LogP contribution in [-0.4, -0.2) is 15.5 Å². The van der Waals surface area contributed by atoms with Crippen LogP contribution in [0.5, 0.6) is 0 Å². The van der Waals surface area contributed by atoms with Crippen LogP contribution in [0.2, 0.25) is 0 Å². The second-order valence-corrected chi connectivity index (χ2v) is 6.28. The van der Waals surface area contributed by atoms with Crippen LogP contribution in [0.25, 0.3) is 16.5 Å². The van der Waals surface area contributed by atoms with E-state index in [1.807, 2.05) is 84.4 Å². The molecule has 1 amide bonds. The van der Waals surface area contributed by atoms with Crippen LogP contribution in [0, 0.1) is 0 Å². The molecule has 1 unspecified atom stereocenters. The van der Waals surface area contributed by atoms with Gasteiger partial charge in [-0.3, -0.25) is 4.79 Å². The highest BCUT2D eigenvalue weighted by molar-refractivity contribution is 6.07. The van der Waals surface area contributed by atoms with Crippen molar-refractivity contribution in [2.45, 2.75) is 13.0 Å². The first kappa shape index (κ1) is 16.1. The number of hydrogen-bond acceptors (Lipinski definition) is 2. The van der Waals surface area contributed by atoms with Gasteiger partial charge in [-0.15, -0.1) is 0 Å². The van der Waals surface area contributed by atoms with E-state index in [-0.39, 0.29) is 11.9 Å². The molecule has 4 rings (SSSR count). The van der Waals surface area contributed by atoms with Gasteiger partial charge < -0.3 is 9.88 Å². The third kappa shape index (κ3) is 3.09. The summed E-state index contributed by atoms with van der Waals surface area (Å²) in [6, 6.07) is 21.8. The Kier molecular flexibility index (Phi) is 4.23. The molecule has 4 aromatic rings. The van der Waals surface area contributed by atoms with E-state index in [0.29, 0.717) is 5.56 Å². The van der Waals surface area contributed by atoms with Crippen molar-refractivity contribution < 1.29 is 4.79 Å². The number of aromatic nitrogens is 2. The predicted octanol–water partition coefficient (Wildman–Crippen LogP) is 4.52. The average Bonchev–Trinajstić information content (AvgIpc) is 3.22. The Balaban J connectivity index is 1.54. The van der Waals surface area contributed by atoms with Crippen LogP contribution in [0.15, 0.2) is 85.5 Å². The lowest BCUT2D eigenvalue weighted by Crippen LogP contribution is -2.26. The van der Waals surface area contributed by atoms with Crippen molar-refractivity contribution in [2.75, 3.05) is 0 Å². The molecule has 0 saturated carbocycles. The SMILES string of the molecule is CC(NC(=O)c1cccc2ccccc12)c1ccc(-n2ccnc2)cc1. The minimum Gasteiger partial charge on any atom is -0.345 e. The molecule has 0 bridgehead atoms. The smallest absolute Gasteiger partial charge is 0.252 e. The molecule has 128 valence electrons. The standard InChI is InChI=1S/C22H19N3O/c1-16(17-9-11-19(12-10-17)25-14-13-23-15-25)24-22(26)21-8-4-6-18-5-2-3-7-20(18)21/h2-16H,1H3,(H,24,26). The zero-order valence-electron chi connectivity index (χ0n) is 14.5. The van der Waals surface area contributed by atoms with Crippen LogP contribution in [0.4, 0.5) is 0 Å². The molecule has 0 fully saturated rings. The Hall–Kier alpha value is -3.40. The minimum atomic E-state index is -0.0849. The summed E-state index contributed by atoms with van der Waals surface area (Å²) >= 11 is 0. The Labute approximate surface area is 152 Å². The van der Waals surface area contributed by atoms with Gasteiger partial charge >= 0.3 is 0 Å². The van der Waals surface area contributed by atoms with Crippen LogP contribution < -0.4 is 5.32 Å². The molecule has 0 aliphatic rings. The summed E-state index contributed by atoms with van der Waals surface area (Å²) in [6.07, 6.45) is 5.42. The fourth-order valence-electron chi connectivity index (χ4n) is 3.13. The molecule has 0 aliphatic heterocycles. The van der Waals surface area contributed by atoms with Gasteiger partial charge in [0.1, 0.15) is 0 Å². The summed E-state index contributed by atoms with van der Waals surface area (Å²) in [5, 5.41) is 5.14. The Bertz CT molecular complexity index is 1030. The summed E-state index contributed by atoms with van der Waals surface area (Å²) in [5.41, 5.74) is 2.80. The van der Waals surface area contributed by atoms with E-state index in [2.05, 4.69) is 10.3 Å². The molecule has 1 heterocycles. The summed E-state index contributed by atoms with van der Waals surface area (Å²) in [6.45, 7) is 2.00. The molecule has 26 heavy (non-hydrogen) atoms. The molecule has 1 atom stereocenters. The van der Waals surface area contributed by atoms with E-state index >= 15 is 0 Å². The number of nitrogens with zero attached hydrogens (tertiary/aromatic N) is 2. The predicted molar refractivity (Wildman–Crippen MR) is 103 cm³/mol. The highest BCUT2D eigenvalue weighted by Gasteiger charge is 2.13. The van der Waals surface area contributed by atoms with Gasteiger partial charge in [0.2, 0.25) is 0 Å². The van der Waals surface area contributed by atoms with Crippen molar-refractivity contribution in [3.8, 4) is 5.69 Å². The Morgan fingerprint density at radius 2 is 1.77 bits per heavy atom. The fourth-order valence-corrected chi connectivity index (χ4v) is 3.13. The van der Waals surface area contributed by atoms with Crippen molar-refractivity contribution in [3.63, 3.8) is 0 Å². The summed E-state index contributed by atoms with van der Waals surface area (Å²) in [4.78, 5) is 16.8. The molecule has 4 heteroatoms. The van der Waals surface area contributed by atoms with Gasteiger partial charge in [0.15, 0.2) is 0 Å². The Morgan fingerprint density at radius 3 is 2.54 bits per heavy atom. The van der Waals surface area contributed by atoms with Gasteiger partial charge in [0, 0.05) is 23.6 Å². The first-order chi connectivity index (χ1) is 12.7. The van der Waals surface area contributed by atoms with Crippen molar-refractivity contribution in [3.05, 3.63) is 96.6 Å². The number of carbonyl (C=O) groups excluding carboxylic acids is 1. The maximum absolute atomic E-state index is 12.8. The number of rotatable bonds is 4. The molecule has 1 aromatic heterocycles. The molecule has 0 radical (unpaired) electrons. The second kappa shape index (κ2) is 6.84. The summed E-state index contributed by atoms with van der Waals surface area (Å²) < 4.78 is 1.95. The summed E-state index contributed by atoms with van der Waals surface area (Å²) in [7, 11) is 0. The van der Waals surface area contributed by atoms with Crippen molar-refractivity contribution in [1.29, 1.82) is 0 Å². The van der Waals surface area contributed by atoms with Crippen LogP contribution >= 0.6 is 0 Å². The molecule has 4 nitrogen and oxygen atoms in total. The molecule has 1 N–H and O–H groups in total. The lowest BCUT2D eigenvalue weighted by Gasteiger charge is -2.16. The number of fused-ring (bicyclic) bond motifs is 1. The number of amides is 1. The lowest BCUT2D eigenvalue weighted by atomic mass is 10.0. The largest absolute Gasteiger partial charge is 0.345 e. The van der Waals surface area contributed by atoms with Crippen LogP contribution in [0.3, 0.4) is 0 Å². The maximum Gasteiger partial charge on any atom is 0.252 e. The van der Waals surface area contributed by atoms with Crippen LogP contribution in [-0.2, 0) is 0 Å². The van der Waals surface area contributed by atoms with E-state index in [1.54, 1.807) is 12.5 Å². The number of hydrogen-bond donors (Lipinski definition) is 1. The van der Waals surface area contributed by atoms with E-state index in [4.69, 9.17) is 0 Å². The molecule has 0 spiro atoms. The lowest BCUT2D eigenvalue weighted by molar-refractivity contribution is 0.0941. The average molecular weight is 341 g/mol. The van der Waals surface area contributed by atoms with E-state index in [9.17, 15) is 4.79 Å². The quantitative estimate of drug-likeness (QED) is 0.593.